The van der Waals surface area contributed by atoms with Crippen molar-refractivity contribution >= 4 is 39.8 Å². The van der Waals surface area contributed by atoms with Crippen LogP contribution < -0.4 is 18.9 Å². The van der Waals surface area contributed by atoms with Crippen molar-refractivity contribution in [3.8, 4) is 23.0 Å². The van der Waals surface area contributed by atoms with Crippen LogP contribution in [0.15, 0.2) is 88.5 Å². The van der Waals surface area contributed by atoms with Gasteiger partial charge in [-0.2, -0.15) is 15.1 Å². The lowest BCUT2D eigenvalue weighted by atomic mass is 10.1. The highest BCUT2D eigenvalue weighted by atomic mass is 32.2. The van der Waals surface area contributed by atoms with Gasteiger partial charge in [-0.3, -0.25) is 10.2 Å². The van der Waals surface area contributed by atoms with Gasteiger partial charge in [-0.25, -0.2) is 0 Å². The van der Waals surface area contributed by atoms with Gasteiger partial charge < -0.3 is 18.9 Å². The van der Waals surface area contributed by atoms with Crippen molar-refractivity contribution in [2.75, 3.05) is 27.4 Å². The maximum atomic E-state index is 12.8. The molecule has 2 heterocycles. The van der Waals surface area contributed by atoms with E-state index in [1.165, 1.54) is 16.8 Å². The number of carbonyl (C=O) groups is 1. The minimum Gasteiger partial charge on any atom is -0.497 e. The van der Waals surface area contributed by atoms with Crippen molar-refractivity contribution < 1.29 is 23.7 Å². The lowest BCUT2D eigenvalue weighted by Crippen LogP contribution is -2.35. The van der Waals surface area contributed by atoms with E-state index < -0.39 is 5.91 Å². The molecule has 0 saturated carbocycles. The Morgan fingerprint density at radius 2 is 1.69 bits per heavy atom. The van der Waals surface area contributed by atoms with Gasteiger partial charge >= 0.3 is 0 Å². The Morgan fingerprint density at radius 1 is 0.897 bits per heavy atom. The highest BCUT2D eigenvalue weighted by Gasteiger charge is 2.35. The molecule has 2 aliphatic rings. The van der Waals surface area contributed by atoms with Crippen molar-refractivity contribution in [3.05, 3.63) is 89.5 Å². The number of rotatable bonds is 10. The smallest absolute Gasteiger partial charge is 0.283 e. The van der Waals surface area contributed by atoms with Crippen LogP contribution in [0.25, 0.3) is 6.08 Å². The third-order valence-corrected chi connectivity index (χ3v) is 6.75. The first-order valence-corrected chi connectivity index (χ1v) is 13.0. The number of nitrogens with one attached hydrogen (secondary N) is 1. The number of benzene rings is 3. The van der Waals surface area contributed by atoms with E-state index in [0.717, 1.165) is 10.6 Å². The highest BCUT2D eigenvalue weighted by molar-refractivity contribution is 8.26. The summed E-state index contributed by atoms with van der Waals surface area (Å²) in [6.07, 6.45) is 2.21. The van der Waals surface area contributed by atoms with E-state index in [1.54, 1.807) is 44.6 Å². The Bertz CT molecular complexity index is 1490. The van der Waals surface area contributed by atoms with E-state index in [-0.39, 0.29) is 11.4 Å². The maximum Gasteiger partial charge on any atom is 0.283 e. The van der Waals surface area contributed by atoms with Crippen molar-refractivity contribution in [3.63, 3.8) is 0 Å². The second-order valence-electron chi connectivity index (χ2n) is 8.46. The molecular weight excluding hydrogens is 516 g/mol. The van der Waals surface area contributed by atoms with Gasteiger partial charge in [0.2, 0.25) is 5.17 Å². The van der Waals surface area contributed by atoms with Gasteiger partial charge in [0.15, 0.2) is 17.3 Å². The molecule has 0 saturated heterocycles. The Morgan fingerprint density at radius 3 is 2.49 bits per heavy atom. The van der Waals surface area contributed by atoms with Gasteiger partial charge in [-0.15, -0.1) is 0 Å². The number of hydrogen-bond donors (Lipinski definition) is 1. The van der Waals surface area contributed by atoms with Crippen LogP contribution in [0, 0.1) is 5.41 Å². The first-order chi connectivity index (χ1) is 19.0. The molecule has 1 N–H and O–H groups in total. The summed E-state index contributed by atoms with van der Waals surface area (Å²) in [6.45, 7) is 0.624. The molecule has 3 aromatic rings. The van der Waals surface area contributed by atoms with Gasteiger partial charge in [0.05, 0.1) is 19.8 Å². The van der Waals surface area contributed by atoms with Crippen LogP contribution in [-0.4, -0.2) is 54.4 Å². The number of amidine groups is 2. The Balaban J connectivity index is 1.25. The molecule has 0 radical (unpaired) electrons. The SMILES string of the molecule is COc1cccc(OCCOc2ccc(/C=C3/C(=N)N4N=C(Cc5ccccc5)SC4=NC3=O)cc2OC)c1. The number of nitrogens with zero attached hydrogens (tertiary/aromatic N) is 3. The zero-order valence-corrected chi connectivity index (χ0v) is 22.2. The average molecular weight is 543 g/mol. The Hall–Kier alpha value is -4.57. The number of hydrogen-bond acceptors (Lipinski definition) is 8. The average Bonchev–Trinajstić information content (AvgIpc) is 3.36. The van der Waals surface area contributed by atoms with E-state index in [9.17, 15) is 4.79 Å². The van der Waals surface area contributed by atoms with Crippen molar-refractivity contribution in [2.24, 2.45) is 10.1 Å². The number of ether oxygens (including phenoxy) is 4. The standard InChI is InChI=1S/C29H26N4O5S/c1-35-21-9-6-10-22(18-21)37-13-14-38-24-12-11-20(16-25(24)36-2)15-23-27(30)33-29(31-28(23)34)39-26(32-33)17-19-7-4-3-5-8-19/h3-12,15-16,18,30H,13-14,17H2,1-2H3/b23-15-,30-27?. The molecule has 1 amide bonds. The van der Waals surface area contributed by atoms with Gasteiger partial charge in [0.25, 0.3) is 5.91 Å². The van der Waals surface area contributed by atoms with E-state index in [2.05, 4.69) is 10.1 Å². The second-order valence-corrected chi connectivity index (χ2v) is 9.50. The minimum absolute atomic E-state index is 0.0189. The molecule has 2 aliphatic heterocycles. The van der Waals surface area contributed by atoms with Gasteiger partial charge in [-0.1, -0.05) is 42.5 Å². The summed E-state index contributed by atoms with van der Waals surface area (Å²) in [5.41, 5.74) is 1.91. The molecule has 0 bridgehead atoms. The summed E-state index contributed by atoms with van der Waals surface area (Å²) in [7, 11) is 3.15. The van der Waals surface area contributed by atoms with Crippen LogP contribution in [-0.2, 0) is 11.2 Å². The van der Waals surface area contributed by atoms with Crippen molar-refractivity contribution in [1.29, 1.82) is 5.41 Å². The zero-order chi connectivity index (χ0) is 27.2. The summed E-state index contributed by atoms with van der Waals surface area (Å²) >= 11 is 1.31. The van der Waals surface area contributed by atoms with E-state index in [0.29, 0.717) is 53.4 Å². The number of hydrazone groups is 1. The molecule has 198 valence electrons. The van der Waals surface area contributed by atoms with Crippen LogP contribution >= 0.6 is 11.8 Å². The number of carbonyl (C=O) groups excluding carboxylic acids is 1. The van der Waals surface area contributed by atoms with Crippen LogP contribution in [0.1, 0.15) is 11.1 Å². The van der Waals surface area contributed by atoms with Gasteiger partial charge in [0.1, 0.15) is 29.8 Å². The summed E-state index contributed by atoms with van der Waals surface area (Å²) in [5.74, 6) is 1.92. The molecule has 0 aromatic heterocycles. The van der Waals surface area contributed by atoms with Crippen LogP contribution in [0.3, 0.4) is 0 Å². The quantitative estimate of drug-likeness (QED) is 0.283. The molecule has 0 unspecified atom stereocenters. The summed E-state index contributed by atoms with van der Waals surface area (Å²) < 4.78 is 22.3. The van der Waals surface area contributed by atoms with E-state index in [1.807, 2.05) is 48.5 Å². The molecule has 0 fully saturated rings. The topological polar surface area (TPSA) is 106 Å². The van der Waals surface area contributed by atoms with Crippen LogP contribution in [0.2, 0.25) is 0 Å². The molecule has 0 aliphatic carbocycles. The van der Waals surface area contributed by atoms with Crippen molar-refractivity contribution in [2.45, 2.75) is 6.42 Å². The van der Waals surface area contributed by atoms with Crippen LogP contribution in [0.4, 0.5) is 0 Å². The number of amides is 1. The van der Waals surface area contributed by atoms with E-state index >= 15 is 0 Å². The lowest BCUT2D eigenvalue weighted by Gasteiger charge is -2.20. The number of fused-ring (bicyclic) bond motifs is 1. The summed E-state index contributed by atoms with van der Waals surface area (Å²) in [6, 6.07) is 22.5. The number of thioether (sulfide) groups is 1. The molecule has 9 nitrogen and oxygen atoms in total. The van der Waals surface area contributed by atoms with Crippen molar-refractivity contribution in [1.82, 2.24) is 5.01 Å². The fourth-order valence-electron chi connectivity index (χ4n) is 3.94. The third-order valence-electron chi connectivity index (χ3n) is 5.84. The molecule has 0 spiro atoms. The molecule has 39 heavy (non-hydrogen) atoms. The number of methoxy groups -OCH3 is 2. The Kier molecular flexibility index (Phi) is 7.93. The monoisotopic (exact) mass is 542 g/mol. The lowest BCUT2D eigenvalue weighted by molar-refractivity contribution is -0.114. The molecular formula is C29H26N4O5S. The predicted octanol–water partition coefficient (Wildman–Crippen LogP) is 5.02. The largest absolute Gasteiger partial charge is 0.497 e. The first kappa shape index (κ1) is 26.1. The second kappa shape index (κ2) is 11.9. The fraction of sp³-hybridized carbons (Fsp3) is 0.172. The first-order valence-electron chi connectivity index (χ1n) is 12.1. The normalized spacial score (nSPS) is 15.5. The summed E-state index contributed by atoms with van der Waals surface area (Å²) in [5, 5.41) is 15.7. The van der Waals surface area contributed by atoms with E-state index in [4.69, 9.17) is 24.4 Å². The van der Waals surface area contributed by atoms with Crippen LogP contribution in [0.5, 0.6) is 23.0 Å². The van der Waals surface area contributed by atoms with Gasteiger partial charge in [-0.05, 0) is 53.2 Å². The van der Waals surface area contributed by atoms with Gasteiger partial charge in [0, 0.05) is 12.5 Å². The third kappa shape index (κ3) is 6.12. The maximum absolute atomic E-state index is 12.8. The highest BCUT2D eigenvalue weighted by Crippen LogP contribution is 2.32. The molecule has 3 aromatic carbocycles. The fourth-order valence-corrected chi connectivity index (χ4v) is 4.85. The molecule has 10 heteroatoms. The Labute approximate surface area is 230 Å². The molecule has 0 atom stereocenters. The number of aliphatic imine (C=N–C) groups is 1. The minimum atomic E-state index is -0.483. The zero-order valence-electron chi connectivity index (χ0n) is 21.4. The predicted molar refractivity (Wildman–Crippen MR) is 152 cm³/mol. The summed E-state index contributed by atoms with van der Waals surface area (Å²) in [4.78, 5) is 17.0. The molecule has 5 rings (SSSR count).